The highest BCUT2D eigenvalue weighted by atomic mass is 16.6. The minimum absolute atomic E-state index is 0.422. The summed E-state index contributed by atoms with van der Waals surface area (Å²) in [5.41, 5.74) is 0. The van der Waals surface area contributed by atoms with Gasteiger partial charge < -0.3 is 9.84 Å². The third-order valence-corrected chi connectivity index (χ3v) is 3.40. The van der Waals surface area contributed by atoms with Crippen molar-refractivity contribution in [2.24, 2.45) is 0 Å². The molecular formula is C16H30O4. The van der Waals surface area contributed by atoms with Crippen molar-refractivity contribution < 1.29 is 19.4 Å². The van der Waals surface area contributed by atoms with Crippen molar-refractivity contribution in [1.82, 2.24) is 0 Å². The van der Waals surface area contributed by atoms with Crippen LogP contribution < -0.4 is 0 Å². The first kappa shape index (κ1) is 18.9. The van der Waals surface area contributed by atoms with Crippen LogP contribution in [0.5, 0.6) is 0 Å². The van der Waals surface area contributed by atoms with Gasteiger partial charge in [0.15, 0.2) is 6.10 Å². The fourth-order valence-electron chi connectivity index (χ4n) is 2.25. The van der Waals surface area contributed by atoms with Crippen LogP contribution in [0.4, 0.5) is 0 Å². The van der Waals surface area contributed by atoms with E-state index in [0.29, 0.717) is 6.42 Å². The van der Waals surface area contributed by atoms with Gasteiger partial charge in [0, 0.05) is 6.92 Å². The summed E-state index contributed by atoms with van der Waals surface area (Å²) in [5.74, 6) is -1.57. The van der Waals surface area contributed by atoms with Crippen LogP contribution in [0.25, 0.3) is 0 Å². The van der Waals surface area contributed by atoms with Crippen LogP contribution in [0.1, 0.15) is 84.5 Å². The van der Waals surface area contributed by atoms with E-state index in [4.69, 9.17) is 9.84 Å². The maximum absolute atomic E-state index is 10.8. The van der Waals surface area contributed by atoms with Gasteiger partial charge in [0.25, 0.3) is 0 Å². The fraction of sp³-hybridized carbons (Fsp3) is 0.875. The minimum atomic E-state index is -1.05. The van der Waals surface area contributed by atoms with Crippen LogP contribution in [0.3, 0.4) is 0 Å². The summed E-state index contributed by atoms with van der Waals surface area (Å²) in [4.78, 5) is 21.6. The topological polar surface area (TPSA) is 63.6 Å². The maximum atomic E-state index is 10.8. The molecule has 4 heteroatoms. The summed E-state index contributed by atoms with van der Waals surface area (Å²) < 4.78 is 4.76. The fourth-order valence-corrected chi connectivity index (χ4v) is 2.25. The standard InChI is InChI=1S/C16H30O4/c1-3-4-5-6-7-8-9-10-11-12-13-15(16(18)19)20-14(2)17/h15H,3-13H2,1-2H3,(H,18,19)/t15-/m0/s1. The number of carbonyl (C=O) groups is 2. The van der Waals surface area contributed by atoms with Crippen LogP contribution in [0.15, 0.2) is 0 Å². The quantitative estimate of drug-likeness (QED) is 0.404. The summed E-state index contributed by atoms with van der Waals surface area (Å²) >= 11 is 0. The van der Waals surface area contributed by atoms with Gasteiger partial charge in [-0.25, -0.2) is 4.79 Å². The predicted molar refractivity (Wildman–Crippen MR) is 79.7 cm³/mol. The molecule has 1 N–H and O–H groups in total. The van der Waals surface area contributed by atoms with Crippen molar-refractivity contribution in [1.29, 1.82) is 0 Å². The summed E-state index contributed by atoms with van der Waals surface area (Å²) in [6.45, 7) is 3.47. The molecule has 0 amide bonds. The van der Waals surface area contributed by atoms with Crippen molar-refractivity contribution in [3.8, 4) is 0 Å². The first-order chi connectivity index (χ1) is 9.57. The Balaban J connectivity index is 3.41. The van der Waals surface area contributed by atoms with Gasteiger partial charge in [-0.3, -0.25) is 4.79 Å². The van der Waals surface area contributed by atoms with E-state index in [2.05, 4.69) is 6.92 Å². The summed E-state index contributed by atoms with van der Waals surface area (Å²) in [5, 5.41) is 8.89. The molecule has 0 aromatic rings. The molecule has 0 bridgehead atoms. The third-order valence-electron chi connectivity index (χ3n) is 3.40. The number of hydrogen-bond donors (Lipinski definition) is 1. The van der Waals surface area contributed by atoms with Gasteiger partial charge in [0.2, 0.25) is 0 Å². The van der Waals surface area contributed by atoms with Crippen molar-refractivity contribution in [2.45, 2.75) is 90.6 Å². The van der Waals surface area contributed by atoms with Crippen molar-refractivity contribution in [2.75, 3.05) is 0 Å². The SMILES string of the molecule is CCCCCCCCCCCC[C@H](OC(C)=O)C(=O)O. The van der Waals surface area contributed by atoms with Crippen molar-refractivity contribution in [3.05, 3.63) is 0 Å². The molecule has 0 fully saturated rings. The number of carbonyl (C=O) groups excluding carboxylic acids is 1. The number of esters is 1. The zero-order chi connectivity index (χ0) is 15.2. The Morgan fingerprint density at radius 1 is 0.900 bits per heavy atom. The van der Waals surface area contributed by atoms with Gasteiger partial charge in [-0.2, -0.15) is 0 Å². The van der Waals surface area contributed by atoms with Crippen LogP contribution in [-0.4, -0.2) is 23.1 Å². The molecule has 0 rings (SSSR count). The van der Waals surface area contributed by atoms with E-state index >= 15 is 0 Å². The zero-order valence-electron chi connectivity index (χ0n) is 13.0. The second-order valence-electron chi connectivity index (χ2n) is 5.41. The zero-order valence-corrected chi connectivity index (χ0v) is 13.0. The lowest BCUT2D eigenvalue weighted by Crippen LogP contribution is -2.25. The summed E-state index contributed by atoms with van der Waals surface area (Å²) in [7, 11) is 0. The Hall–Kier alpha value is -1.06. The van der Waals surface area contributed by atoms with E-state index in [1.807, 2.05) is 0 Å². The van der Waals surface area contributed by atoms with Crippen LogP contribution >= 0.6 is 0 Å². The molecular weight excluding hydrogens is 256 g/mol. The summed E-state index contributed by atoms with van der Waals surface area (Å²) in [6, 6.07) is 0. The molecule has 0 aromatic carbocycles. The van der Waals surface area contributed by atoms with E-state index in [0.717, 1.165) is 19.3 Å². The number of ether oxygens (including phenoxy) is 1. The molecule has 0 saturated heterocycles. The second-order valence-corrected chi connectivity index (χ2v) is 5.41. The van der Waals surface area contributed by atoms with Gasteiger partial charge in [-0.15, -0.1) is 0 Å². The van der Waals surface area contributed by atoms with Gasteiger partial charge in [0.05, 0.1) is 0 Å². The van der Waals surface area contributed by atoms with E-state index in [-0.39, 0.29) is 0 Å². The first-order valence-corrected chi connectivity index (χ1v) is 7.98. The van der Waals surface area contributed by atoms with Crippen LogP contribution in [0, 0.1) is 0 Å². The Morgan fingerprint density at radius 2 is 1.35 bits per heavy atom. The highest BCUT2D eigenvalue weighted by molar-refractivity contribution is 5.76. The lowest BCUT2D eigenvalue weighted by molar-refractivity contribution is -0.163. The molecule has 0 aliphatic carbocycles. The molecule has 0 aliphatic rings. The molecule has 0 aromatic heterocycles. The molecule has 0 radical (unpaired) electrons. The molecule has 0 saturated carbocycles. The van der Waals surface area contributed by atoms with E-state index in [9.17, 15) is 9.59 Å². The molecule has 0 heterocycles. The van der Waals surface area contributed by atoms with E-state index in [1.165, 1.54) is 51.9 Å². The lowest BCUT2D eigenvalue weighted by atomic mass is 10.0. The number of hydrogen-bond acceptors (Lipinski definition) is 3. The van der Waals surface area contributed by atoms with Crippen LogP contribution in [-0.2, 0) is 14.3 Å². The van der Waals surface area contributed by atoms with Gasteiger partial charge in [-0.05, 0) is 12.8 Å². The van der Waals surface area contributed by atoms with Gasteiger partial charge in [0.1, 0.15) is 0 Å². The Bertz CT molecular complexity index is 263. The van der Waals surface area contributed by atoms with Crippen molar-refractivity contribution >= 4 is 11.9 Å². The largest absolute Gasteiger partial charge is 0.479 e. The third kappa shape index (κ3) is 12.0. The number of aliphatic carboxylic acids is 1. The van der Waals surface area contributed by atoms with Gasteiger partial charge in [-0.1, -0.05) is 64.7 Å². The predicted octanol–water partition coefficient (Wildman–Crippen LogP) is 4.31. The maximum Gasteiger partial charge on any atom is 0.345 e. The summed E-state index contributed by atoms with van der Waals surface area (Å²) in [6.07, 6.45) is 11.5. The monoisotopic (exact) mass is 286 g/mol. The normalized spacial score (nSPS) is 12.1. The number of carboxylic acid groups (broad SMARTS) is 1. The molecule has 4 nitrogen and oxygen atoms in total. The highest BCUT2D eigenvalue weighted by Gasteiger charge is 2.19. The average Bonchev–Trinajstić information content (AvgIpc) is 2.39. The minimum Gasteiger partial charge on any atom is -0.479 e. The number of rotatable bonds is 13. The second kappa shape index (κ2) is 12.9. The number of carboxylic acids is 1. The molecule has 1 atom stereocenters. The van der Waals surface area contributed by atoms with Gasteiger partial charge >= 0.3 is 11.9 Å². The van der Waals surface area contributed by atoms with Crippen LogP contribution in [0.2, 0.25) is 0 Å². The van der Waals surface area contributed by atoms with Crippen molar-refractivity contribution in [3.63, 3.8) is 0 Å². The smallest absolute Gasteiger partial charge is 0.345 e. The molecule has 118 valence electrons. The Kier molecular flexibility index (Phi) is 12.3. The molecule has 0 aliphatic heterocycles. The molecule has 20 heavy (non-hydrogen) atoms. The first-order valence-electron chi connectivity index (χ1n) is 7.98. The molecule has 0 spiro atoms. The Morgan fingerprint density at radius 3 is 1.75 bits per heavy atom. The highest BCUT2D eigenvalue weighted by Crippen LogP contribution is 2.13. The Labute approximate surface area is 122 Å². The molecule has 0 unspecified atom stereocenters. The lowest BCUT2D eigenvalue weighted by Gasteiger charge is -2.11. The number of unbranched alkanes of at least 4 members (excludes halogenated alkanes) is 9. The van der Waals surface area contributed by atoms with E-state index in [1.54, 1.807) is 0 Å². The van der Waals surface area contributed by atoms with E-state index < -0.39 is 18.0 Å². The average molecular weight is 286 g/mol.